The quantitative estimate of drug-likeness (QED) is 0.387. The highest BCUT2D eigenvalue weighted by Crippen LogP contribution is 2.10. The number of hydrogen-bond donors (Lipinski definition) is 2. The molecule has 0 saturated carbocycles. The highest BCUT2D eigenvalue weighted by atomic mass is 127. The van der Waals surface area contributed by atoms with Gasteiger partial charge in [0.2, 0.25) is 5.91 Å². The summed E-state index contributed by atoms with van der Waals surface area (Å²) in [7, 11) is 0. The van der Waals surface area contributed by atoms with Crippen LogP contribution in [-0.2, 0) is 11.2 Å². The van der Waals surface area contributed by atoms with Crippen LogP contribution in [0, 0.1) is 0 Å². The maximum atomic E-state index is 12.0. The van der Waals surface area contributed by atoms with Crippen LogP contribution < -0.4 is 10.6 Å². The largest absolute Gasteiger partial charge is 0.357 e. The van der Waals surface area contributed by atoms with Gasteiger partial charge in [0.25, 0.3) is 0 Å². The smallest absolute Gasteiger partial charge is 0.244 e. The molecule has 1 aromatic rings. The second-order valence-corrected chi connectivity index (χ2v) is 6.03. The number of halogens is 2. The van der Waals surface area contributed by atoms with Crippen molar-refractivity contribution in [1.82, 2.24) is 15.5 Å². The van der Waals surface area contributed by atoms with Crippen molar-refractivity contribution in [2.75, 3.05) is 32.7 Å². The summed E-state index contributed by atoms with van der Waals surface area (Å²) in [6, 6.07) is 7.83. The Balaban J connectivity index is 0.00000288. The zero-order chi connectivity index (χ0) is 16.5. The second kappa shape index (κ2) is 11.5. The van der Waals surface area contributed by atoms with Gasteiger partial charge in [-0.2, -0.15) is 0 Å². The van der Waals surface area contributed by atoms with E-state index in [2.05, 4.69) is 21.7 Å². The summed E-state index contributed by atoms with van der Waals surface area (Å²) >= 11 is 5.98. The van der Waals surface area contributed by atoms with Crippen LogP contribution in [0.25, 0.3) is 0 Å². The minimum Gasteiger partial charge on any atom is -0.357 e. The van der Waals surface area contributed by atoms with E-state index in [9.17, 15) is 4.79 Å². The van der Waals surface area contributed by atoms with Gasteiger partial charge in [-0.25, -0.2) is 4.99 Å². The van der Waals surface area contributed by atoms with Crippen molar-refractivity contribution >= 4 is 47.4 Å². The number of nitrogens with zero attached hydrogens (tertiary/aromatic N) is 2. The molecule has 1 fully saturated rings. The number of carbonyl (C=O) groups excluding carboxylic acids is 1. The minimum atomic E-state index is 0. The Kier molecular flexibility index (Phi) is 10.1. The van der Waals surface area contributed by atoms with Crippen molar-refractivity contribution in [3.8, 4) is 0 Å². The molecule has 1 amide bonds. The Labute approximate surface area is 166 Å². The molecule has 2 N–H and O–H groups in total. The van der Waals surface area contributed by atoms with Gasteiger partial charge in [0.1, 0.15) is 6.54 Å². The monoisotopic (exact) mass is 464 g/mol. The molecule has 0 radical (unpaired) electrons. The Morgan fingerprint density at radius 3 is 2.71 bits per heavy atom. The van der Waals surface area contributed by atoms with Crippen molar-refractivity contribution in [3.05, 3.63) is 34.9 Å². The van der Waals surface area contributed by atoms with Crippen LogP contribution in [0.15, 0.2) is 29.3 Å². The third-order valence-corrected chi connectivity index (χ3v) is 4.01. The average Bonchev–Trinajstić information content (AvgIpc) is 3.07. The molecule has 2 rings (SSSR count). The normalized spacial score (nSPS) is 14.2. The van der Waals surface area contributed by atoms with Gasteiger partial charge in [0, 0.05) is 31.2 Å². The molecule has 0 bridgehead atoms. The number of likely N-dealkylation sites (tertiary alicyclic amines) is 1. The predicted octanol–water partition coefficient (Wildman–Crippen LogP) is 2.68. The van der Waals surface area contributed by atoms with Crippen LogP contribution in [0.4, 0.5) is 0 Å². The van der Waals surface area contributed by atoms with Crippen molar-refractivity contribution < 1.29 is 4.79 Å². The number of guanidine groups is 1. The lowest BCUT2D eigenvalue weighted by Gasteiger charge is -2.15. The van der Waals surface area contributed by atoms with Crippen LogP contribution in [0.3, 0.4) is 0 Å². The molecule has 5 nitrogen and oxygen atoms in total. The van der Waals surface area contributed by atoms with Gasteiger partial charge in [-0.3, -0.25) is 4.79 Å². The molecule has 0 unspecified atom stereocenters. The molecule has 7 heteroatoms. The number of amides is 1. The van der Waals surface area contributed by atoms with E-state index in [1.165, 1.54) is 5.56 Å². The van der Waals surface area contributed by atoms with E-state index in [1.807, 2.05) is 30.0 Å². The van der Waals surface area contributed by atoms with Crippen LogP contribution in [0.2, 0.25) is 5.02 Å². The summed E-state index contributed by atoms with van der Waals surface area (Å²) in [5.41, 5.74) is 1.17. The summed E-state index contributed by atoms with van der Waals surface area (Å²) in [6.45, 7) is 5.45. The molecule has 1 heterocycles. The first kappa shape index (κ1) is 21.0. The lowest BCUT2D eigenvalue weighted by molar-refractivity contribution is -0.128. The highest BCUT2D eigenvalue weighted by Gasteiger charge is 2.17. The van der Waals surface area contributed by atoms with Gasteiger partial charge >= 0.3 is 0 Å². The fraction of sp³-hybridized carbons (Fsp3) is 0.529. The van der Waals surface area contributed by atoms with Gasteiger partial charge in [-0.15, -0.1) is 24.0 Å². The molecule has 0 aliphatic carbocycles. The van der Waals surface area contributed by atoms with Gasteiger partial charge in [-0.1, -0.05) is 23.7 Å². The molecule has 0 spiro atoms. The van der Waals surface area contributed by atoms with Gasteiger partial charge in [0.15, 0.2) is 5.96 Å². The van der Waals surface area contributed by atoms with Crippen LogP contribution in [0.5, 0.6) is 0 Å². The van der Waals surface area contributed by atoms with Gasteiger partial charge < -0.3 is 15.5 Å². The number of aliphatic imine (C=N–C) groups is 1. The average molecular weight is 465 g/mol. The summed E-state index contributed by atoms with van der Waals surface area (Å²) in [5, 5.41) is 7.18. The lowest BCUT2D eigenvalue weighted by atomic mass is 10.1. The molecule has 1 aromatic carbocycles. The van der Waals surface area contributed by atoms with E-state index in [0.29, 0.717) is 5.96 Å². The highest BCUT2D eigenvalue weighted by molar-refractivity contribution is 14.0. The van der Waals surface area contributed by atoms with Crippen LogP contribution in [0.1, 0.15) is 25.3 Å². The molecule has 0 aromatic heterocycles. The minimum absolute atomic E-state index is 0. The first-order chi connectivity index (χ1) is 11.2. The van der Waals surface area contributed by atoms with Crippen molar-refractivity contribution in [2.24, 2.45) is 4.99 Å². The fourth-order valence-corrected chi connectivity index (χ4v) is 2.79. The summed E-state index contributed by atoms with van der Waals surface area (Å²) in [5.74, 6) is 0.789. The molecular weight excluding hydrogens is 439 g/mol. The number of rotatable bonds is 6. The third-order valence-electron chi connectivity index (χ3n) is 3.77. The second-order valence-electron chi connectivity index (χ2n) is 5.59. The number of hydrogen-bond acceptors (Lipinski definition) is 2. The van der Waals surface area contributed by atoms with E-state index in [1.54, 1.807) is 0 Å². The summed E-state index contributed by atoms with van der Waals surface area (Å²) in [6.07, 6.45) is 3.06. The van der Waals surface area contributed by atoms with E-state index in [4.69, 9.17) is 11.6 Å². The predicted molar refractivity (Wildman–Crippen MR) is 110 cm³/mol. The first-order valence-electron chi connectivity index (χ1n) is 8.23. The maximum absolute atomic E-state index is 12.0. The summed E-state index contributed by atoms with van der Waals surface area (Å²) in [4.78, 5) is 18.3. The molecule has 0 atom stereocenters. The Morgan fingerprint density at radius 2 is 2.04 bits per heavy atom. The molecule has 1 aliphatic heterocycles. The number of benzene rings is 1. The first-order valence-corrected chi connectivity index (χ1v) is 8.61. The number of carbonyl (C=O) groups is 1. The van der Waals surface area contributed by atoms with E-state index < -0.39 is 0 Å². The molecule has 24 heavy (non-hydrogen) atoms. The topological polar surface area (TPSA) is 56.7 Å². The molecular formula is C17H26ClIN4O. The Morgan fingerprint density at radius 1 is 1.29 bits per heavy atom. The standard InChI is InChI=1S/C17H25ClN4O.HI/c1-2-19-17(21-13-16(23)22-10-3-4-11-22)20-9-8-14-6-5-7-15(18)12-14;/h5-7,12H,2-4,8-11,13H2,1H3,(H2,19,20,21);1H. The third kappa shape index (κ3) is 7.25. The molecule has 134 valence electrons. The molecule has 1 saturated heterocycles. The van der Waals surface area contributed by atoms with Crippen molar-refractivity contribution in [2.45, 2.75) is 26.2 Å². The van der Waals surface area contributed by atoms with Crippen molar-refractivity contribution in [1.29, 1.82) is 0 Å². The van der Waals surface area contributed by atoms with Crippen molar-refractivity contribution in [3.63, 3.8) is 0 Å². The van der Waals surface area contributed by atoms with Crippen LogP contribution in [-0.4, -0.2) is 49.5 Å². The Hall–Kier alpha value is -1.02. The maximum Gasteiger partial charge on any atom is 0.244 e. The fourth-order valence-electron chi connectivity index (χ4n) is 2.57. The zero-order valence-electron chi connectivity index (χ0n) is 14.1. The van der Waals surface area contributed by atoms with E-state index in [0.717, 1.165) is 50.5 Å². The van der Waals surface area contributed by atoms with Crippen LogP contribution >= 0.6 is 35.6 Å². The van der Waals surface area contributed by atoms with E-state index in [-0.39, 0.29) is 36.4 Å². The SMILES string of the molecule is CCNC(=NCC(=O)N1CCCC1)NCCc1cccc(Cl)c1.I. The lowest BCUT2D eigenvalue weighted by Crippen LogP contribution is -2.39. The summed E-state index contributed by atoms with van der Waals surface area (Å²) < 4.78 is 0. The van der Waals surface area contributed by atoms with Gasteiger partial charge in [-0.05, 0) is 43.9 Å². The molecule has 1 aliphatic rings. The zero-order valence-corrected chi connectivity index (χ0v) is 17.1. The van der Waals surface area contributed by atoms with Gasteiger partial charge in [0.05, 0.1) is 0 Å². The van der Waals surface area contributed by atoms with E-state index >= 15 is 0 Å². The Bertz CT molecular complexity index is 547. The number of nitrogens with one attached hydrogen (secondary N) is 2.